The molecule has 0 radical (unpaired) electrons. The van der Waals surface area contributed by atoms with Gasteiger partial charge in [0.2, 0.25) is 0 Å². The Morgan fingerprint density at radius 3 is 2.24 bits per heavy atom. The standard InChI is InChI=1S/C18H20N2O4S/c1-13-3-5-14(6-4-13)19-18(21)20-11-17(12-20)25(22,23)16-9-7-15(24-2)8-10-16/h3-10,17H,11-12H2,1-2H3,(H,19,21). The van der Waals surface area contributed by atoms with E-state index >= 15 is 0 Å². The van der Waals surface area contributed by atoms with Gasteiger partial charge < -0.3 is 15.0 Å². The number of likely N-dealkylation sites (tertiary alicyclic amines) is 1. The fraction of sp³-hybridized carbons (Fsp3) is 0.278. The van der Waals surface area contributed by atoms with Crippen molar-refractivity contribution in [2.45, 2.75) is 17.1 Å². The number of methoxy groups -OCH3 is 1. The number of rotatable bonds is 4. The molecule has 0 bridgehead atoms. The Hall–Kier alpha value is -2.54. The summed E-state index contributed by atoms with van der Waals surface area (Å²) in [6.45, 7) is 2.34. The Bertz CT molecular complexity index is 855. The maximum atomic E-state index is 12.6. The third kappa shape index (κ3) is 3.61. The van der Waals surface area contributed by atoms with Crippen molar-refractivity contribution in [3.05, 3.63) is 54.1 Å². The fourth-order valence-electron chi connectivity index (χ4n) is 2.60. The predicted octanol–water partition coefficient (Wildman–Crippen LogP) is 2.69. The van der Waals surface area contributed by atoms with Crippen LogP contribution in [0.15, 0.2) is 53.4 Å². The topological polar surface area (TPSA) is 75.7 Å². The third-order valence-electron chi connectivity index (χ3n) is 4.26. The number of urea groups is 1. The van der Waals surface area contributed by atoms with Gasteiger partial charge in [0, 0.05) is 18.8 Å². The molecule has 0 saturated carbocycles. The van der Waals surface area contributed by atoms with Crippen molar-refractivity contribution in [1.82, 2.24) is 4.90 Å². The Balaban J connectivity index is 1.60. The van der Waals surface area contributed by atoms with Gasteiger partial charge in [-0.2, -0.15) is 0 Å². The molecule has 0 aliphatic carbocycles. The first-order valence-electron chi connectivity index (χ1n) is 7.90. The van der Waals surface area contributed by atoms with Crippen LogP contribution in [-0.4, -0.2) is 44.8 Å². The van der Waals surface area contributed by atoms with Gasteiger partial charge in [-0.25, -0.2) is 13.2 Å². The molecule has 1 fully saturated rings. The highest BCUT2D eigenvalue weighted by Gasteiger charge is 2.40. The van der Waals surface area contributed by atoms with Gasteiger partial charge in [0.05, 0.1) is 12.0 Å². The molecule has 6 nitrogen and oxygen atoms in total. The zero-order valence-corrected chi connectivity index (χ0v) is 14.9. The Kier molecular flexibility index (Phi) is 4.67. The van der Waals surface area contributed by atoms with E-state index in [0.717, 1.165) is 5.56 Å². The quantitative estimate of drug-likeness (QED) is 0.910. The van der Waals surface area contributed by atoms with Gasteiger partial charge in [-0.3, -0.25) is 0 Å². The van der Waals surface area contributed by atoms with E-state index in [0.29, 0.717) is 11.4 Å². The number of carbonyl (C=O) groups excluding carboxylic acids is 1. The molecule has 1 aliphatic heterocycles. The van der Waals surface area contributed by atoms with Crippen LogP contribution in [0.1, 0.15) is 5.56 Å². The molecule has 0 aromatic heterocycles. The van der Waals surface area contributed by atoms with Crippen LogP contribution in [0.3, 0.4) is 0 Å². The van der Waals surface area contributed by atoms with Crippen LogP contribution < -0.4 is 10.1 Å². The summed E-state index contributed by atoms with van der Waals surface area (Å²) in [6.07, 6.45) is 0. The highest BCUT2D eigenvalue weighted by molar-refractivity contribution is 7.92. The minimum absolute atomic E-state index is 0.187. The van der Waals surface area contributed by atoms with Gasteiger partial charge in [0.15, 0.2) is 9.84 Å². The zero-order chi connectivity index (χ0) is 18.0. The highest BCUT2D eigenvalue weighted by atomic mass is 32.2. The lowest BCUT2D eigenvalue weighted by Gasteiger charge is -2.38. The van der Waals surface area contributed by atoms with E-state index in [9.17, 15) is 13.2 Å². The monoisotopic (exact) mass is 360 g/mol. The Morgan fingerprint density at radius 2 is 1.68 bits per heavy atom. The van der Waals surface area contributed by atoms with E-state index < -0.39 is 15.1 Å². The first-order valence-corrected chi connectivity index (χ1v) is 9.45. The van der Waals surface area contributed by atoms with Gasteiger partial charge in [-0.1, -0.05) is 17.7 Å². The molecular formula is C18H20N2O4S. The van der Waals surface area contributed by atoms with Crippen LogP contribution in [0.2, 0.25) is 0 Å². The number of hydrogen-bond donors (Lipinski definition) is 1. The molecule has 132 valence electrons. The highest BCUT2D eigenvalue weighted by Crippen LogP contribution is 2.26. The van der Waals surface area contributed by atoms with Gasteiger partial charge in [-0.15, -0.1) is 0 Å². The second-order valence-electron chi connectivity index (χ2n) is 6.04. The van der Waals surface area contributed by atoms with Crippen molar-refractivity contribution in [3.63, 3.8) is 0 Å². The average Bonchev–Trinajstić information content (AvgIpc) is 2.55. The smallest absolute Gasteiger partial charge is 0.321 e. The van der Waals surface area contributed by atoms with Crippen LogP contribution in [0.25, 0.3) is 0 Å². The number of aryl methyl sites for hydroxylation is 1. The molecule has 7 heteroatoms. The fourth-order valence-corrected chi connectivity index (χ4v) is 4.25. The first-order chi connectivity index (χ1) is 11.9. The number of carbonyl (C=O) groups is 1. The van der Waals surface area contributed by atoms with Gasteiger partial charge in [0.25, 0.3) is 0 Å². The van der Waals surface area contributed by atoms with Crippen molar-refractivity contribution in [1.29, 1.82) is 0 Å². The lowest BCUT2D eigenvalue weighted by molar-refractivity contribution is 0.182. The van der Waals surface area contributed by atoms with Crippen LogP contribution in [0.4, 0.5) is 10.5 Å². The van der Waals surface area contributed by atoms with E-state index in [4.69, 9.17) is 4.74 Å². The lowest BCUT2D eigenvalue weighted by atomic mass is 10.2. The molecule has 1 aliphatic rings. The summed E-state index contributed by atoms with van der Waals surface area (Å²) in [6, 6.07) is 13.5. The zero-order valence-electron chi connectivity index (χ0n) is 14.1. The Morgan fingerprint density at radius 1 is 1.08 bits per heavy atom. The van der Waals surface area contributed by atoms with E-state index in [1.807, 2.05) is 31.2 Å². The van der Waals surface area contributed by atoms with Crippen LogP contribution in [0.5, 0.6) is 5.75 Å². The van der Waals surface area contributed by atoms with Crippen molar-refractivity contribution in [3.8, 4) is 5.75 Å². The van der Waals surface area contributed by atoms with Crippen LogP contribution >= 0.6 is 0 Å². The molecule has 1 saturated heterocycles. The molecule has 2 aromatic carbocycles. The summed E-state index contributed by atoms with van der Waals surface area (Å²) in [5, 5.41) is 2.19. The summed E-state index contributed by atoms with van der Waals surface area (Å²) in [7, 11) is -1.92. The number of sulfone groups is 1. The number of nitrogens with one attached hydrogen (secondary N) is 1. The molecule has 3 rings (SSSR count). The average molecular weight is 360 g/mol. The summed E-state index contributed by atoms with van der Waals surface area (Å²) in [4.78, 5) is 13.9. The number of nitrogens with zero attached hydrogens (tertiary/aromatic N) is 1. The summed E-state index contributed by atoms with van der Waals surface area (Å²) in [5.74, 6) is 0.603. The number of anilines is 1. The van der Waals surface area contributed by atoms with E-state index in [1.54, 1.807) is 12.1 Å². The number of hydrogen-bond acceptors (Lipinski definition) is 4. The third-order valence-corrected chi connectivity index (χ3v) is 6.37. The van der Waals surface area contributed by atoms with E-state index in [-0.39, 0.29) is 24.0 Å². The summed E-state index contributed by atoms with van der Waals surface area (Å²) < 4.78 is 30.2. The van der Waals surface area contributed by atoms with Crippen LogP contribution in [-0.2, 0) is 9.84 Å². The van der Waals surface area contributed by atoms with Crippen molar-refractivity contribution in [2.75, 3.05) is 25.5 Å². The normalized spacial score (nSPS) is 14.7. The van der Waals surface area contributed by atoms with Gasteiger partial charge >= 0.3 is 6.03 Å². The number of ether oxygens (including phenoxy) is 1. The maximum absolute atomic E-state index is 12.6. The second kappa shape index (κ2) is 6.76. The molecule has 2 amide bonds. The molecule has 25 heavy (non-hydrogen) atoms. The molecule has 0 spiro atoms. The first kappa shape index (κ1) is 17.3. The summed E-state index contributed by atoms with van der Waals surface area (Å²) in [5.41, 5.74) is 1.80. The molecule has 1 N–H and O–H groups in total. The molecule has 0 atom stereocenters. The predicted molar refractivity (Wildman–Crippen MR) is 95.7 cm³/mol. The Labute approximate surface area is 147 Å². The number of benzene rings is 2. The number of amides is 2. The largest absolute Gasteiger partial charge is 0.497 e. The molecule has 0 unspecified atom stereocenters. The molecule has 2 aromatic rings. The molecule has 1 heterocycles. The minimum atomic E-state index is -3.45. The second-order valence-corrected chi connectivity index (χ2v) is 8.27. The van der Waals surface area contributed by atoms with Crippen LogP contribution in [0, 0.1) is 6.92 Å². The molecular weight excluding hydrogens is 340 g/mol. The van der Waals surface area contributed by atoms with Crippen molar-refractivity contribution < 1.29 is 17.9 Å². The SMILES string of the molecule is COc1ccc(S(=O)(=O)C2CN(C(=O)Nc3ccc(C)cc3)C2)cc1. The minimum Gasteiger partial charge on any atom is -0.497 e. The van der Waals surface area contributed by atoms with Gasteiger partial charge in [0.1, 0.15) is 11.0 Å². The van der Waals surface area contributed by atoms with Crippen molar-refractivity contribution >= 4 is 21.6 Å². The maximum Gasteiger partial charge on any atom is 0.321 e. The van der Waals surface area contributed by atoms with Gasteiger partial charge in [-0.05, 0) is 43.3 Å². The lowest BCUT2D eigenvalue weighted by Crippen LogP contribution is -2.58. The van der Waals surface area contributed by atoms with E-state index in [1.165, 1.54) is 24.1 Å². The summed E-state index contributed by atoms with van der Waals surface area (Å²) >= 11 is 0. The van der Waals surface area contributed by atoms with Crippen molar-refractivity contribution in [2.24, 2.45) is 0 Å². The van der Waals surface area contributed by atoms with E-state index in [2.05, 4.69) is 5.32 Å².